The number of hydrogen-bond donors (Lipinski definition) is 1. The van der Waals surface area contributed by atoms with E-state index in [1.54, 1.807) is 7.11 Å². The molecule has 1 fully saturated rings. The summed E-state index contributed by atoms with van der Waals surface area (Å²) in [6.07, 6.45) is 5.53. The number of methoxy groups -OCH3 is 1. The van der Waals surface area contributed by atoms with Crippen molar-refractivity contribution in [1.29, 1.82) is 0 Å². The summed E-state index contributed by atoms with van der Waals surface area (Å²) >= 11 is 0. The van der Waals surface area contributed by atoms with Crippen LogP contribution in [0.5, 0.6) is 0 Å². The quantitative estimate of drug-likeness (QED) is 0.856. The first kappa shape index (κ1) is 14.1. The molecule has 1 aliphatic heterocycles. The maximum absolute atomic E-state index is 5.29. The SMILES string of the molecule is CCCNc1cc(N2CCCC(COC)C2)ccn1. The molecular formula is C15H25N3O. The Hall–Kier alpha value is -1.29. The van der Waals surface area contributed by atoms with Gasteiger partial charge < -0.3 is 15.0 Å². The molecule has 19 heavy (non-hydrogen) atoms. The van der Waals surface area contributed by atoms with Crippen LogP contribution >= 0.6 is 0 Å². The van der Waals surface area contributed by atoms with Crippen LogP contribution in [0.3, 0.4) is 0 Å². The minimum atomic E-state index is 0.652. The van der Waals surface area contributed by atoms with Gasteiger partial charge in [-0.25, -0.2) is 4.98 Å². The van der Waals surface area contributed by atoms with Crippen LogP contribution < -0.4 is 10.2 Å². The first-order valence-corrected chi connectivity index (χ1v) is 7.27. The highest BCUT2D eigenvalue weighted by Crippen LogP contribution is 2.24. The van der Waals surface area contributed by atoms with Crippen LogP contribution in [0.2, 0.25) is 0 Å². The molecule has 2 rings (SSSR count). The molecule has 1 unspecified atom stereocenters. The van der Waals surface area contributed by atoms with E-state index in [1.165, 1.54) is 18.5 Å². The van der Waals surface area contributed by atoms with Gasteiger partial charge >= 0.3 is 0 Å². The first-order valence-electron chi connectivity index (χ1n) is 7.27. The monoisotopic (exact) mass is 263 g/mol. The van der Waals surface area contributed by atoms with Crippen LogP contribution in [0.25, 0.3) is 0 Å². The van der Waals surface area contributed by atoms with Crippen LogP contribution in [0, 0.1) is 5.92 Å². The van der Waals surface area contributed by atoms with Gasteiger partial charge in [0.2, 0.25) is 0 Å². The molecule has 1 N–H and O–H groups in total. The van der Waals surface area contributed by atoms with Gasteiger partial charge in [-0.05, 0) is 31.2 Å². The Labute approximate surface area is 116 Å². The lowest BCUT2D eigenvalue weighted by Crippen LogP contribution is -2.37. The Morgan fingerprint density at radius 3 is 3.21 bits per heavy atom. The van der Waals surface area contributed by atoms with Crippen molar-refractivity contribution in [3.05, 3.63) is 18.3 Å². The molecule has 0 amide bonds. The fourth-order valence-electron chi connectivity index (χ4n) is 2.64. The van der Waals surface area contributed by atoms with E-state index in [1.807, 2.05) is 6.20 Å². The van der Waals surface area contributed by atoms with E-state index in [0.29, 0.717) is 5.92 Å². The molecule has 1 aromatic heterocycles. The highest BCUT2D eigenvalue weighted by Gasteiger charge is 2.20. The van der Waals surface area contributed by atoms with E-state index >= 15 is 0 Å². The summed E-state index contributed by atoms with van der Waals surface area (Å²) in [5, 5.41) is 3.35. The second-order valence-corrected chi connectivity index (χ2v) is 5.24. The van der Waals surface area contributed by atoms with Crippen LogP contribution in [-0.2, 0) is 4.74 Å². The predicted octanol–water partition coefficient (Wildman–Crippen LogP) is 2.77. The fraction of sp³-hybridized carbons (Fsp3) is 0.667. The van der Waals surface area contributed by atoms with Gasteiger partial charge in [-0.1, -0.05) is 6.92 Å². The number of pyridine rings is 1. The van der Waals surface area contributed by atoms with Crippen molar-refractivity contribution in [2.24, 2.45) is 5.92 Å². The third-order valence-corrected chi connectivity index (χ3v) is 3.59. The molecular weight excluding hydrogens is 238 g/mol. The summed E-state index contributed by atoms with van der Waals surface area (Å²) in [4.78, 5) is 6.82. The number of nitrogens with zero attached hydrogens (tertiary/aromatic N) is 2. The van der Waals surface area contributed by atoms with Crippen molar-refractivity contribution in [2.75, 3.05) is 43.6 Å². The Morgan fingerprint density at radius 1 is 1.53 bits per heavy atom. The van der Waals surface area contributed by atoms with E-state index < -0.39 is 0 Å². The Bertz CT molecular complexity index is 381. The van der Waals surface area contributed by atoms with Gasteiger partial charge in [0, 0.05) is 44.7 Å². The van der Waals surface area contributed by atoms with Gasteiger partial charge in [-0.2, -0.15) is 0 Å². The molecule has 106 valence electrons. The molecule has 1 atom stereocenters. The molecule has 0 saturated carbocycles. The Morgan fingerprint density at radius 2 is 2.42 bits per heavy atom. The second-order valence-electron chi connectivity index (χ2n) is 5.24. The van der Waals surface area contributed by atoms with Crippen LogP contribution in [0.1, 0.15) is 26.2 Å². The minimum absolute atomic E-state index is 0.652. The smallest absolute Gasteiger partial charge is 0.127 e. The third-order valence-electron chi connectivity index (χ3n) is 3.59. The zero-order valence-corrected chi connectivity index (χ0v) is 12.1. The predicted molar refractivity (Wildman–Crippen MR) is 79.8 cm³/mol. The van der Waals surface area contributed by atoms with Crippen molar-refractivity contribution in [2.45, 2.75) is 26.2 Å². The summed E-state index contributed by atoms with van der Waals surface area (Å²) < 4.78 is 5.29. The van der Waals surface area contributed by atoms with E-state index in [9.17, 15) is 0 Å². The van der Waals surface area contributed by atoms with Gasteiger partial charge in [0.25, 0.3) is 0 Å². The molecule has 0 aromatic carbocycles. The van der Waals surface area contributed by atoms with Crippen molar-refractivity contribution >= 4 is 11.5 Å². The third kappa shape index (κ3) is 4.10. The molecule has 2 heterocycles. The van der Waals surface area contributed by atoms with E-state index in [4.69, 9.17) is 4.74 Å². The number of aromatic nitrogens is 1. The van der Waals surface area contributed by atoms with Crippen molar-refractivity contribution in [3.8, 4) is 0 Å². The molecule has 0 spiro atoms. The second kappa shape index (κ2) is 7.34. The summed E-state index contributed by atoms with van der Waals surface area (Å²) in [6, 6.07) is 4.26. The lowest BCUT2D eigenvalue weighted by molar-refractivity contribution is 0.143. The van der Waals surface area contributed by atoms with E-state index in [-0.39, 0.29) is 0 Å². The largest absolute Gasteiger partial charge is 0.384 e. The fourth-order valence-corrected chi connectivity index (χ4v) is 2.64. The highest BCUT2D eigenvalue weighted by molar-refractivity contribution is 5.54. The maximum Gasteiger partial charge on any atom is 0.127 e. The zero-order chi connectivity index (χ0) is 13.5. The minimum Gasteiger partial charge on any atom is -0.384 e. The molecule has 0 aliphatic carbocycles. The van der Waals surface area contributed by atoms with Gasteiger partial charge in [-0.3, -0.25) is 0 Å². The topological polar surface area (TPSA) is 37.4 Å². The molecule has 1 aromatic rings. The van der Waals surface area contributed by atoms with Crippen LogP contribution in [0.15, 0.2) is 18.3 Å². The average Bonchev–Trinajstić information content (AvgIpc) is 2.46. The summed E-state index contributed by atoms with van der Waals surface area (Å²) in [5.41, 5.74) is 1.27. The van der Waals surface area contributed by atoms with Crippen LogP contribution in [0.4, 0.5) is 11.5 Å². The van der Waals surface area contributed by atoms with E-state index in [0.717, 1.165) is 38.5 Å². The number of anilines is 2. The summed E-state index contributed by atoms with van der Waals surface area (Å²) in [5.74, 6) is 1.63. The number of piperidine rings is 1. The normalized spacial score (nSPS) is 19.5. The Balaban J connectivity index is 1.99. The van der Waals surface area contributed by atoms with Crippen molar-refractivity contribution < 1.29 is 4.74 Å². The lowest BCUT2D eigenvalue weighted by Gasteiger charge is -2.34. The highest BCUT2D eigenvalue weighted by atomic mass is 16.5. The van der Waals surface area contributed by atoms with Gasteiger partial charge in [0.15, 0.2) is 0 Å². The van der Waals surface area contributed by atoms with E-state index in [2.05, 4.69) is 34.3 Å². The number of hydrogen-bond acceptors (Lipinski definition) is 4. The molecule has 0 bridgehead atoms. The van der Waals surface area contributed by atoms with Gasteiger partial charge in [0.1, 0.15) is 5.82 Å². The molecule has 1 saturated heterocycles. The van der Waals surface area contributed by atoms with Crippen molar-refractivity contribution in [1.82, 2.24) is 4.98 Å². The van der Waals surface area contributed by atoms with Crippen molar-refractivity contribution in [3.63, 3.8) is 0 Å². The number of ether oxygens (including phenoxy) is 1. The standard InChI is InChI=1S/C15H25N3O/c1-3-7-16-15-10-14(6-8-17-15)18-9-4-5-13(11-18)12-19-2/h6,8,10,13H,3-5,7,9,11-12H2,1-2H3,(H,16,17). The molecule has 4 heteroatoms. The lowest BCUT2D eigenvalue weighted by atomic mass is 9.98. The molecule has 1 aliphatic rings. The summed E-state index contributed by atoms with van der Waals surface area (Å²) in [6.45, 7) is 6.23. The number of nitrogens with one attached hydrogen (secondary N) is 1. The first-order chi connectivity index (χ1) is 9.33. The summed E-state index contributed by atoms with van der Waals surface area (Å²) in [7, 11) is 1.79. The van der Waals surface area contributed by atoms with Crippen LogP contribution in [-0.4, -0.2) is 38.3 Å². The molecule has 0 radical (unpaired) electrons. The zero-order valence-electron chi connectivity index (χ0n) is 12.1. The Kier molecular flexibility index (Phi) is 5.45. The maximum atomic E-state index is 5.29. The number of rotatable bonds is 6. The van der Waals surface area contributed by atoms with Gasteiger partial charge in [-0.15, -0.1) is 0 Å². The average molecular weight is 263 g/mol. The van der Waals surface area contributed by atoms with Gasteiger partial charge in [0.05, 0.1) is 6.61 Å². The molecule has 4 nitrogen and oxygen atoms in total.